The Morgan fingerprint density at radius 1 is 1.38 bits per heavy atom. The zero-order valence-corrected chi connectivity index (χ0v) is 9.64. The second-order valence-electron chi connectivity index (χ2n) is 4.15. The molecule has 0 unspecified atom stereocenters. The van der Waals surface area contributed by atoms with Crippen molar-refractivity contribution in [1.29, 1.82) is 0 Å². The number of aliphatic hydroxyl groups excluding tert-OH is 1. The molecular formula is C10H20N2O4. The number of nitrogens with two attached hydrogens (primary N) is 1. The molecule has 0 aliphatic rings. The van der Waals surface area contributed by atoms with Crippen LogP contribution in [-0.2, 0) is 9.59 Å². The first kappa shape index (κ1) is 14.9. The molecule has 0 bridgehead atoms. The first-order valence-corrected chi connectivity index (χ1v) is 5.28. The predicted octanol–water partition coefficient (Wildman–Crippen LogP) is -0.688. The van der Waals surface area contributed by atoms with Crippen LogP contribution in [0.3, 0.4) is 0 Å². The summed E-state index contributed by atoms with van der Waals surface area (Å²) in [5, 5.41) is 19.7. The molecular weight excluding hydrogens is 212 g/mol. The van der Waals surface area contributed by atoms with Crippen molar-refractivity contribution >= 4 is 11.9 Å². The van der Waals surface area contributed by atoms with Crippen LogP contribution < -0.4 is 11.1 Å². The van der Waals surface area contributed by atoms with Crippen molar-refractivity contribution in [2.75, 3.05) is 6.61 Å². The Labute approximate surface area is 94.8 Å². The van der Waals surface area contributed by atoms with E-state index in [0.29, 0.717) is 6.42 Å². The lowest BCUT2D eigenvalue weighted by atomic mass is 10.0. The fraction of sp³-hybridized carbons (Fsp3) is 0.800. The molecule has 0 aliphatic carbocycles. The summed E-state index contributed by atoms with van der Waals surface area (Å²) in [7, 11) is 0. The van der Waals surface area contributed by atoms with E-state index in [1.54, 1.807) is 0 Å². The van der Waals surface area contributed by atoms with Gasteiger partial charge in [-0.15, -0.1) is 0 Å². The van der Waals surface area contributed by atoms with E-state index in [9.17, 15) is 9.59 Å². The lowest BCUT2D eigenvalue weighted by Gasteiger charge is -2.18. The highest BCUT2D eigenvalue weighted by Crippen LogP contribution is 2.03. The van der Waals surface area contributed by atoms with Gasteiger partial charge in [-0.3, -0.25) is 4.79 Å². The van der Waals surface area contributed by atoms with E-state index < -0.39 is 24.0 Å². The van der Waals surface area contributed by atoms with E-state index in [1.165, 1.54) is 0 Å². The molecule has 0 aromatic heterocycles. The number of hydrogen-bond acceptors (Lipinski definition) is 4. The van der Waals surface area contributed by atoms with Gasteiger partial charge in [0.05, 0.1) is 6.04 Å². The number of rotatable bonds is 7. The van der Waals surface area contributed by atoms with Crippen molar-refractivity contribution < 1.29 is 19.8 Å². The Hall–Kier alpha value is -1.14. The lowest BCUT2D eigenvalue weighted by molar-refractivity contribution is -0.142. The van der Waals surface area contributed by atoms with Gasteiger partial charge in [0.2, 0.25) is 5.91 Å². The van der Waals surface area contributed by atoms with Crippen molar-refractivity contribution in [1.82, 2.24) is 5.32 Å². The van der Waals surface area contributed by atoms with E-state index in [-0.39, 0.29) is 18.9 Å². The smallest absolute Gasteiger partial charge is 0.326 e. The average Bonchev–Trinajstić information content (AvgIpc) is 2.15. The fourth-order valence-corrected chi connectivity index (χ4v) is 1.28. The molecule has 94 valence electrons. The normalized spacial score (nSPS) is 14.6. The Balaban J connectivity index is 4.23. The van der Waals surface area contributed by atoms with Crippen LogP contribution in [0.1, 0.15) is 26.7 Å². The third-order valence-corrected chi connectivity index (χ3v) is 2.09. The monoisotopic (exact) mass is 232 g/mol. The molecule has 0 rings (SSSR count). The molecule has 2 atom stereocenters. The van der Waals surface area contributed by atoms with Gasteiger partial charge in [-0.05, 0) is 12.3 Å². The van der Waals surface area contributed by atoms with Gasteiger partial charge < -0.3 is 21.3 Å². The molecule has 0 aliphatic heterocycles. The molecule has 1 amide bonds. The summed E-state index contributed by atoms with van der Waals surface area (Å²) in [6.45, 7) is 3.56. The number of carbonyl (C=O) groups excluding carboxylic acids is 1. The Morgan fingerprint density at radius 3 is 2.31 bits per heavy atom. The van der Waals surface area contributed by atoms with Crippen LogP contribution in [0.4, 0.5) is 0 Å². The summed E-state index contributed by atoms with van der Waals surface area (Å²) in [4.78, 5) is 22.2. The van der Waals surface area contributed by atoms with Gasteiger partial charge in [0.1, 0.15) is 6.04 Å². The third kappa shape index (κ3) is 5.67. The minimum atomic E-state index is -1.17. The first-order chi connectivity index (χ1) is 7.38. The van der Waals surface area contributed by atoms with Crippen LogP contribution in [-0.4, -0.2) is 40.8 Å². The Bertz CT molecular complexity index is 243. The number of carbonyl (C=O) groups is 2. The summed E-state index contributed by atoms with van der Waals surface area (Å²) >= 11 is 0. The fourth-order valence-electron chi connectivity index (χ4n) is 1.28. The van der Waals surface area contributed by atoms with E-state index in [4.69, 9.17) is 15.9 Å². The van der Waals surface area contributed by atoms with Crippen LogP contribution in [0.25, 0.3) is 0 Å². The van der Waals surface area contributed by atoms with Crippen molar-refractivity contribution in [3.8, 4) is 0 Å². The largest absolute Gasteiger partial charge is 0.480 e. The van der Waals surface area contributed by atoms with Gasteiger partial charge in [0.15, 0.2) is 0 Å². The van der Waals surface area contributed by atoms with Gasteiger partial charge >= 0.3 is 5.97 Å². The van der Waals surface area contributed by atoms with Crippen LogP contribution >= 0.6 is 0 Å². The zero-order valence-electron chi connectivity index (χ0n) is 9.64. The number of aliphatic hydroxyl groups is 1. The number of amides is 1. The van der Waals surface area contributed by atoms with E-state index in [2.05, 4.69) is 5.32 Å². The predicted molar refractivity (Wildman–Crippen MR) is 58.7 cm³/mol. The summed E-state index contributed by atoms with van der Waals surface area (Å²) in [6.07, 6.45) is 0.479. The molecule has 5 N–H and O–H groups in total. The maximum atomic E-state index is 11.5. The van der Waals surface area contributed by atoms with Crippen molar-refractivity contribution in [3.63, 3.8) is 0 Å². The van der Waals surface area contributed by atoms with Crippen molar-refractivity contribution in [3.05, 3.63) is 0 Å². The maximum absolute atomic E-state index is 11.5. The first-order valence-electron chi connectivity index (χ1n) is 5.28. The van der Waals surface area contributed by atoms with Gasteiger partial charge in [0.25, 0.3) is 0 Å². The SMILES string of the molecule is CC(C)C[C@H](N)C(=O)N[C@@H](CCO)C(=O)O. The standard InChI is InChI=1S/C10H20N2O4/c1-6(2)5-7(11)9(14)12-8(3-4-13)10(15)16/h6-8,13H,3-5,11H2,1-2H3,(H,12,14)(H,15,16)/t7-,8-/m0/s1. The Kier molecular flexibility index (Phi) is 6.67. The molecule has 0 heterocycles. The van der Waals surface area contributed by atoms with Crippen LogP contribution in [0.5, 0.6) is 0 Å². The van der Waals surface area contributed by atoms with Gasteiger partial charge in [-0.1, -0.05) is 13.8 Å². The molecule has 0 aromatic rings. The van der Waals surface area contributed by atoms with Crippen LogP contribution in [0.2, 0.25) is 0 Å². The second-order valence-corrected chi connectivity index (χ2v) is 4.15. The van der Waals surface area contributed by atoms with Gasteiger partial charge in [-0.25, -0.2) is 4.79 Å². The summed E-state index contributed by atoms with van der Waals surface area (Å²) < 4.78 is 0. The lowest BCUT2D eigenvalue weighted by Crippen LogP contribution is -2.49. The molecule has 0 saturated carbocycles. The number of carboxylic acids is 1. The molecule has 0 spiro atoms. The minimum absolute atomic E-state index is 0.0184. The molecule has 6 heteroatoms. The third-order valence-electron chi connectivity index (χ3n) is 2.09. The summed E-state index contributed by atoms with van der Waals surface area (Å²) in [6, 6.07) is -1.78. The van der Waals surface area contributed by atoms with Crippen molar-refractivity contribution in [2.24, 2.45) is 11.7 Å². The summed E-state index contributed by atoms with van der Waals surface area (Å²) in [5.74, 6) is -1.39. The number of carboxylic acid groups (broad SMARTS) is 1. The second kappa shape index (κ2) is 7.19. The topological polar surface area (TPSA) is 113 Å². The highest BCUT2D eigenvalue weighted by molar-refractivity contribution is 5.86. The number of nitrogens with one attached hydrogen (secondary N) is 1. The van der Waals surface area contributed by atoms with Crippen molar-refractivity contribution in [2.45, 2.75) is 38.8 Å². The number of hydrogen-bond donors (Lipinski definition) is 4. The number of aliphatic carboxylic acids is 1. The van der Waals surface area contributed by atoms with E-state index in [0.717, 1.165) is 0 Å². The molecule has 0 saturated heterocycles. The molecule has 16 heavy (non-hydrogen) atoms. The highest BCUT2D eigenvalue weighted by atomic mass is 16.4. The highest BCUT2D eigenvalue weighted by Gasteiger charge is 2.22. The summed E-state index contributed by atoms with van der Waals surface area (Å²) in [5.41, 5.74) is 5.60. The van der Waals surface area contributed by atoms with Gasteiger partial charge in [-0.2, -0.15) is 0 Å². The Morgan fingerprint density at radius 2 is 1.94 bits per heavy atom. The van der Waals surface area contributed by atoms with Gasteiger partial charge in [0, 0.05) is 13.0 Å². The van der Waals surface area contributed by atoms with Crippen LogP contribution in [0.15, 0.2) is 0 Å². The molecule has 6 nitrogen and oxygen atoms in total. The van der Waals surface area contributed by atoms with Crippen LogP contribution in [0, 0.1) is 5.92 Å². The average molecular weight is 232 g/mol. The molecule has 0 aromatic carbocycles. The zero-order chi connectivity index (χ0) is 12.7. The minimum Gasteiger partial charge on any atom is -0.480 e. The van der Waals surface area contributed by atoms with E-state index >= 15 is 0 Å². The molecule has 0 radical (unpaired) electrons. The quantitative estimate of drug-likeness (QED) is 0.464. The molecule has 0 fully saturated rings. The van der Waals surface area contributed by atoms with E-state index in [1.807, 2.05) is 13.8 Å². The maximum Gasteiger partial charge on any atom is 0.326 e.